The molecule has 1 saturated heterocycles. The van der Waals surface area contributed by atoms with Gasteiger partial charge in [0, 0.05) is 18.8 Å². The van der Waals surface area contributed by atoms with Crippen LogP contribution in [0, 0.1) is 0 Å². The van der Waals surface area contributed by atoms with Gasteiger partial charge in [-0.1, -0.05) is 26.8 Å². The second-order valence-electron chi connectivity index (χ2n) is 6.58. The Labute approximate surface area is 117 Å². The highest BCUT2D eigenvalue weighted by molar-refractivity contribution is 5.42. The summed E-state index contributed by atoms with van der Waals surface area (Å²) in [6, 6.07) is 4.97. The third-order valence-corrected chi connectivity index (χ3v) is 4.04. The van der Waals surface area contributed by atoms with E-state index in [1.807, 2.05) is 6.20 Å². The minimum atomic E-state index is 0.171. The highest BCUT2D eigenvalue weighted by Gasteiger charge is 2.23. The minimum absolute atomic E-state index is 0.171. The summed E-state index contributed by atoms with van der Waals surface area (Å²) in [5.74, 6) is 1.12. The second-order valence-corrected chi connectivity index (χ2v) is 6.58. The Balaban J connectivity index is 2.15. The van der Waals surface area contributed by atoms with E-state index in [4.69, 9.17) is 5.73 Å². The van der Waals surface area contributed by atoms with Gasteiger partial charge < -0.3 is 10.6 Å². The quantitative estimate of drug-likeness (QED) is 0.909. The van der Waals surface area contributed by atoms with Gasteiger partial charge in [-0.25, -0.2) is 4.98 Å². The van der Waals surface area contributed by atoms with Crippen molar-refractivity contribution in [1.82, 2.24) is 4.98 Å². The molecule has 1 aromatic heterocycles. The molecule has 0 spiro atoms. The fraction of sp³-hybridized carbons (Fsp3) is 0.688. The summed E-state index contributed by atoms with van der Waals surface area (Å²) >= 11 is 0. The van der Waals surface area contributed by atoms with Crippen LogP contribution in [0.5, 0.6) is 0 Å². The summed E-state index contributed by atoms with van der Waals surface area (Å²) in [6.07, 6.45) is 6.94. The van der Waals surface area contributed by atoms with Gasteiger partial charge in [0.2, 0.25) is 0 Å². The summed E-state index contributed by atoms with van der Waals surface area (Å²) in [7, 11) is 0. The van der Waals surface area contributed by atoms with Gasteiger partial charge in [0.1, 0.15) is 5.82 Å². The predicted octanol–water partition coefficient (Wildman–Crippen LogP) is 3.09. The van der Waals surface area contributed by atoms with Crippen LogP contribution in [0.4, 0.5) is 5.82 Å². The zero-order chi connectivity index (χ0) is 13.9. The van der Waals surface area contributed by atoms with E-state index in [9.17, 15) is 0 Å². The Morgan fingerprint density at radius 1 is 1.32 bits per heavy atom. The Bertz CT molecular complexity index is 389. The summed E-state index contributed by atoms with van der Waals surface area (Å²) in [5.41, 5.74) is 7.20. The zero-order valence-corrected chi connectivity index (χ0v) is 12.5. The summed E-state index contributed by atoms with van der Waals surface area (Å²) in [6.45, 7) is 8.55. The van der Waals surface area contributed by atoms with Gasteiger partial charge in [0.05, 0.1) is 0 Å². The number of nitrogens with two attached hydrogens (primary N) is 1. The lowest BCUT2D eigenvalue weighted by molar-refractivity contribution is 0.438. The number of hydrogen-bond donors (Lipinski definition) is 1. The van der Waals surface area contributed by atoms with Gasteiger partial charge in [0.25, 0.3) is 0 Å². The highest BCUT2D eigenvalue weighted by Crippen LogP contribution is 2.27. The molecule has 2 heterocycles. The molecule has 1 aliphatic heterocycles. The van der Waals surface area contributed by atoms with E-state index in [0.29, 0.717) is 6.04 Å². The van der Waals surface area contributed by atoms with E-state index < -0.39 is 0 Å². The van der Waals surface area contributed by atoms with E-state index in [0.717, 1.165) is 25.3 Å². The van der Waals surface area contributed by atoms with Crippen LogP contribution in [-0.4, -0.2) is 24.1 Å². The van der Waals surface area contributed by atoms with Crippen molar-refractivity contribution >= 4 is 5.82 Å². The molecule has 0 radical (unpaired) electrons. The number of nitrogens with zero attached hydrogens (tertiary/aromatic N) is 2. The van der Waals surface area contributed by atoms with Crippen LogP contribution >= 0.6 is 0 Å². The van der Waals surface area contributed by atoms with Crippen molar-refractivity contribution in [2.45, 2.75) is 57.9 Å². The molecule has 0 aromatic carbocycles. The molecule has 0 saturated carbocycles. The molecule has 1 fully saturated rings. The molecule has 1 aromatic rings. The number of anilines is 1. The lowest BCUT2D eigenvalue weighted by Crippen LogP contribution is -2.41. The monoisotopic (exact) mass is 261 g/mol. The van der Waals surface area contributed by atoms with Crippen LogP contribution in [-0.2, 0) is 5.41 Å². The fourth-order valence-electron chi connectivity index (χ4n) is 2.79. The maximum atomic E-state index is 5.73. The Morgan fingerprint density at radius 2 is 2.11 bits per heavy atom. The van der Waals surface area contributed by atoms with Crippen molar-refractivity contribution in [3.8, 4) is 0 Å². The third kappa shape index (κ3) is 3.47. The highest BCUT2D eigenvalue weighted by atomic mass is 15.2. The van der Waals surface area contributed by atoms with E-state index in [1.54, 1.807) is 0 Å². The van der Waals surface area contributed by atoms with Gasteiger partial charge in [0.15, 0.2) is 0 Å². The third-order valence-electron chi connectivity index (χ3n) is 4.04. The van der Waals surface area contributed by atoms with Crippen molar-refractivity contribution in [3.05, 3.63) is 23.9 Å². The molecule has 3 nitrogen and oxygen atoms in total. The van der Waals surface area contributed by atoms with E-state index in [-0.39, 0.29) is 5.41 Å². The molecule has 2 rings (SSSR count). The fourth-order valence-corrected chi connectivity index (χ4v) is 2.79. The van der Waals surface area contributed by atoms with Crippen molar-refractivity contribution in [2.75, 3.05) is 18.0 Å². The Hall–Kier alpha value is -1.09. The molecule has 1 atom stereocenters. The molecule has 0 amide bonds. The molecular formula is C16H27N3. The number of hydrogen-bond acceptors (Lipinski definition) is 3. The first-order valence-electron chi connectivity index (χ1n) is 7.45. The van der Waals surface area contributed by atoms with Crippen LogP contribution < -0.4 is 10.6 Å². The van der Waals surface area contributed by atoms with Gasteiger partial charge in [-0.15, -0.1) is 0 Å². The molecule has 1 unspecified atom stereocenters. The summed E-state index contributed by atoms with van der Waals surface area (Å²) < 4.78 is 0. The Morgan fingerprint density at radius 3 is 2.68 bits per heavy atom. The number of pyridine rings is 1. The standard InChI is InChI=1S/C16H27N3/c1-16(2,3)13-7-8-15(18-12-13)19-11-5-4-6-14(19)9-10-17/h7-8,12,14H,4-6,9-11,17H2,1-3H3. The normalized spacial score (nSPS) is 20.6. The number of piperidine rings is 1. The Kier molecular flexibility index (Phi) is 4.46. The predicted molar refractivity (Wildman–Crippen MR) is 81.6 cm³/mol. The van der Waals surface area contributed by atoms with Crippen LogP contribution in [0.1, 0.15) is 52.0 Å². The van der Waals surface area contributed by atoms with Crippen LogP contribution in [0.3, 0.4) is 0 Å². The first-order valence-corrected chi connectivity index (χ1v) is 7.45. The topological polar surface area (TPSA) is 42.1 Å². The maximum absolute atomic E-state index is 5.73. The average Bonchev–Trinajstić information content (AvgIpc) is 2.39. The summed E-state index contributed by atoms with van der Waals surface area (Å²) in [5, 5.41) is 0. The van der Waals surface area contributed by atoms with Crippen molar-refractivity contribution in [2.24, 2.45) is 5.73 Å². The number of aromatic nitrogens is 1. The lowest BCUT2D eigenvalue weighted by atomic mass is 9.88. The van der Waals surface area contributed by atoms with Crippen LogP contribution in [0.25, 0.3) is 0 Å². The minimum Gasteiger partial charge on any atom is -0.354 e. The van der Waals surface area contributed by atoms with Crippen molar-refractivity contribution in [1.29, 1.82) is 0 Å². The lowest BCUT2D eigenvalue weighted by Gasteiger charge is -2.37. The zero-order valence-electron chi connectivity index (χ0n) is 12.5. The number of rotatable bonds is 3. The van der Waals surface area contributed by atoms with Gasteiger partial charge in [-0.3, -0.25) is 0 Å². The first-order chi connectivity index (χ1) is 9.02. The van der Waals surface area contributed by atoms with Crippen molar-refractivity contribution in [3.63, 3.8) is 0 Å². The molecule has 0 aliphatic carbocycles. The van der Waals surface area contributed by atoms with Crippen molar-refractivity contribution < 1.29 is 0 Å². The van der Waals surface area contributed by atoms with Gasteiger partial charge >= 0.3 is 0 Å². The van der Waals surface area contributed by atoms with Gasteiger partial charge in [-0.2, -0.15) is 0 Å². The molecule has 19 heavy (non-hydrogen) atoms. The average molecular weight is 261 g/mol. The molecular weight excluding hydrogens is 234 g/mol. The SMILES string of the molecule is CC(C)(C)c1ccc(N2CCCCC2CCN)nc1. The summed E-state index contributed by atoms with van der Waals surface area (Å²) in [4.78, 5) is 7.13. The smallest absolute Gasteiger partial charge is 0.128 e. The van der Waals surface area contributed by atoms with E-state index in [1.165, 1.54) is 24.8 Å². The van der Waals surface area contributed by atoms with E-state index >= 15 is 0 Å². The molecule has 3 heteroatoms. The molecule has 1 aliphatic rings. The van der Waals surface area contributed by atoms with Crippen LogP contribution in [0.15, 0.2) is 18.3 Å². The molecule has 0 bridgehead atoms. The van der Waals surface area contributed by atoms with E-state index in [2.05, 4.69) is 42.8 Å². The molecule has 106 valence electrons. The second kappa shape index (κ2) is 5.91. The maximum Gasteiger partial charge on any atom is 0.128 e. The largest absolute Gasteiger partial charge is 0.354 e. The van der Waals surface area contributed by atoms with Gasteiger partial charge in [-0.05, 0) is 49.3 Å². The first kappa shape index (κ1) is 14.3. The molecule has 2 N–H and O–H groups in total. The van der Waals surface area contributed by atoms with Crippen LogP contribution in [0.2, 0.25) is 0 Å².